The number of anilines is 6. The molecule has 0 atom stereocenters. The predicted molar refractivity (Wildman–Crippen MR) is 327 cm³/mol. The van der Waals surface area contributed by atoms with Gasteiger partial charge in [0.15, 0.2) is 0 Å². The summed E-state index contributed by atoms with van der Waals surface area (Å²) in [5, 5.41) is 2.52. The van der Waals surface area contributed by atoms with E-state index in [0.717, 1.165) is 77.0 Å². The lowest BCUT2D eigenvalue weighted by atomic mass is 9.90. The van der Waals surface area contributed by atoms with Crippen molar-refractivity contribution < 1.29 is 0 Å². The minimum atomic E-state index is 1.03. The molecule has 0 saturated heterocycles. The molecule has 0 aliphatic carbocycles. The number of aryl methyl sites for hydroxylation is 8. The van der Waals surface area contributed by atoms with E-state index in [1.165, 1.54) is 123 Å². The van der Waals surface area contributed by atoms with Crippen LogP contribution in [0.2, 0.25) is 0 Å². The number of hydrogen-bond acceptors (Lipinski definition) is 2. The standard InChI is InChI=1S/C72H82N2/c1-11-15-21-61-47-53(7)48-62(22-16-12-2)71(61)73(65-43-39-59(40-44-65)37-35-57-31-27-51(5)28-32-57)69-55(9)56(10)70(68-26-20-19-25-67(68)69)74(72-63(23-17-13-3)49-54(8)50-64(72)24-18-14-4)66-45-41-60(42-46-66)38-36-58-33-29-52(6)30-34-58/h19-20,25-50H,11-18,21-24H2,1-10H3/b37-35+,38-36+. The SMILES string of the molecule is CCCCc1cc(C)cc(CCCC)c1N(c1ccc(/C=C/c2ccc(C)cc2)cc1)c1c(C)c(C)c(N(c2ccc(/C=C/c3ccc(C)cc3)cc2)c2c(CCCC)cc(C)cc2CCCC)c2ccccc12. The average Bonchev–Trinajstić information content (AvgIpc) is 3.41. The maximum atomic E-state index is 2.68. The lowest BCUT2D eigenvalue weighted by Gasteiger charge is -2.37. The van der Waals surface area contributed by atoms with Gasteiger partial charge in [0.25, 0.3) is 0 Å². The molecule has 2 nitrogen and oxygen atoms in total. The fraction of sp³-hybridized carbons (Fsp3) is 0.306. The topological polar surface area (TPSA) is 6.48 Å². The van der Waals surface area contributed by atoms with Gasteiger partial charge in [0.2, 0.25) is 0 Å². The van der Waals surface area contributed by atoms with Crippen LogP contribution >= 0.6 is 0 Å². The summed E-state index contributed by atoms with van der Waals surface area (Å²) in [5.74, 6) is 0. The number of fused-ring (bicyclic) bond motifs is 1. The third-order valence-electron chi connectivity index (χ3n) is 15.0. The maximum Gasteiger partial charge on any atom is 0.0573 e. The molecule has 8 rings (SSSR count). The van der Waals surface area contributed by atoms with Crippen molar-refractivity contribution in [2.75, 3.05) is 9.80 Å². The van der Waals surface area contributed by atoms with Gasteiger partial charge in [-0.1, -0.05) is 221 Å². The van der Waals surface area contributed by atoms with Crippen LogP contribution in [0, 0.1) is 41.5 Å². The monoisotopic (exact) mass is 975 g/mol. The molecule has 380 valence electrons. The summed E-state index contributed by atoms with van der Waals surface area (Å²) in [5.41, 5.74) is 26.0. The van der Waals surface area contributed by atoms with Gasteiger partial charge in [0.1, 0.15) is 0 Å². The highest BCUT2D eigenvalue weighted by molar-refractivity contribution is 6.11. The molecule has 0 bridgehead atoms. The van der Waals surface area contributed by atoms with Gasteiger partial charge in [-0.15, -0.1) is 0 Å². The normalized spacial score (nSPS) is 11.6. The maximum absolute atomic E-state index is 2.68. The van der Waals surface area contributed by atoms with Gasteiger partial charge in [-0.2, -0.15) is 0 Å². The Hall–Kier alpha value is -6.90. The Labute approximate surface area is 446 Å². The summed E-state index contributed by atoms with van der Waals surface area (Å²) in [6.45, 7) is 23.0. The van der Waals surface area contributed by atoms with Crippen LogP contribution in [0.3, 0.4) is 0 Å². The number of nitrogens with zero attached hydrogens (tertiary/aromatic N) is 2. The first-order valence-electron chi connectivity index (χ1n) is 28.1. The highest BCUT2D eigenvalue weighted by Crippen LogP contribution is 2.52. The third kappa shape index (κ3) is 12.5. The van der Waals surface area contributed by atoms with Gasteiger partial charge >= 0.3 is 0 Å². The lowest BCUT2D eigenvalue weighted by molar-refractivity contribution is 0.778. The summed E-state index contributed by atoms with van der Waals surface area (Å²) in [7, 11) is 0. The van der Waals surface area contributed by atoms with E-state index in [4.69, 9.17) is 0 Å². The molecule has 0 amide bonds. The largest absolute Gasteiger partial charge is 0.309 e. The first-order valence-corrected chi connectivity index (χ1v) is 28.1. The van der Waals surface area contributed by atoms with E-state index in [2.05, 4.69) is 249 Å². The Morgan fingerprint density at radius 1 is 0.311 bits per heavy atom. The molecule has 0 radical (unpaired) electrons. The molecule has 0 aliphatic rings. The number of rotatable bonds is 22. The van der Waals surface area contributed by atoms with Crippen molar-refractivity contribution in [3.63, 3.8) is 0 Å². The highest BCUT2D eigenvalue weighted by atomic mass is 15.2. The summed E-state index contributed by atoms with van der Waals surface area (Å²) in [6.07, 6.45) is 22.3. The Morgan fingerprint density at radius 2 is 0.581 bits per heavy atom. The lowest BCUT2D eigenvalue weighted by Crippen LogP contribution is -2.20. The van der Waals surface area contributed by atoms with Crippen molar-refractivity contribution in [3.8, 4) is 0 Å². The molecule has 0 fully saturated rings. The Bertz CT molecular complexity index is 2910. The van der Waals surface area contributed by atoms with E-state index in [0.29, 0.717) is 0 Å². The quantitative estimate of drug-likeness (QED) is 0.0625. The average molecular weight is 975 g/mol. The summed E-state index contributed by atoms with van der Waals surface area (Å²) in [4.78, 5) is 5.37. The van der Waals surface area contributed by atoms with Crippen LogP contribution in [0.1, 0.15) is 157 Å². The van der Waals surface area contributed by atoms with E-state index in [1.54, 1.807) is 0 Å². The molecule has 0 heterocycles. The van der Waals surface area contributed by atoms with Crippen LogP contribution in [0.25, 0.3) is 35.1 Å². The van der Waals surface area contributed by atoms with Gasteiger partial charge < -0.3 is 9.80 Å². The van der Waals surface area contributed by atoms with E-state index in [-0.39, 0.29) is 0 Å². The van der Waals surface area contributed by atoms with Gasteiger partial charge in [-0.25, -0.2) is 0 Å². The van der Waals surface area contributed by atoms with E-state index >= 15 is 0 Å². The zero-order chi connectivity index (χ0) is 52.1. The molecule has 8 aromatic carbocycles. The Kier molecular flexibility index (Phi) is 18.3. The van der Waals surface area contributed by atoms with Crippen molar-refractivity contribution in [2.24, 2.45) is 0 Å². The zero-order valence-electron chi connectivity index (χ0n) is 46.5. The van der Waals surface area contributed by atoms with Crippen LogP contribution in [0.15, 0.2) is 146 Å². The van der Waals surface area contributed by atoms with Crippen molar-refractivity contribution in [2.45, 2.75) is 146 Å². The number of benzene rings is 8. The van der Waals surface area contributed by atoms with Gasteiger partial charge in [0.05, 0.1) is 22.7 Å². The van der Waals surface area contributed by atoms with Crippen LogP contribution in [0.4, 0.5) is 34.1 Å². The molecule has 0 spiro atoms. The van der Waals surface area contributed by atoms with Crippen LogP contribution in [0.5, 0.6) is 0 Å². The summed E-state index contributed by atoms with van der Waals surface area (Å²) < 4.78 is 0. The van der Waals surface area contributed by atoms with Crippen molar-refractivity contribution in [3.05, 3.63) is 223 Å². The third-order valence-corrected chi connectivity index (χ3v) is 15.0. The van der Waals surface area contributed by atoms with E-state index < -0.39 is 0 Å². The van der Waals surface area contributed by atoms with Gasteiger partial charge in [-0.05, 0) is 173 Å². The summed E-state index contributed by atoms with van der Waals surface area (Å²) >= 11 is 0. The molecule has 0 saturated carbocycles. The molecule has 0 N–H and O–H groups in total. The smallest absolute Gasteiger partial charge is 0.0573 e. The molecular weight excluding hydrogens is 893 g/mol. The molecule has 0 aromatic heterocycles. The molecule has 2 heteroatoms. The first-order chi connectivity index (χ1) is 36.0. The number of unbranched alkanes of at least 4 members (excludes halogenated alkanes) is 4. The fourth-order valence-electron chi connectivity index (χ4n) is 10.9. The Balaban J connectivity index is 1.40. The minimum absolute atomic E-state index is 1.03. The first kappa shape index (κ1) is 53.4. The molecule has 0 aliphatic heterocycles. The zero-order valence-corrected chi connectivity index (χ0v) is 46.5. The second-order valence-electron chi connectivity index (χ2n) is 21.1. The molecule has 0 unspecified atom stereocenters. The van der Waals surface area contributed by atoms with Crippen molar-refractivity contribution >= 4 is 69.2 Å². The van der Waals surface area contributed by atoms with Crippen molar-refractivity contribution in [1.29, 1.82) is 0 Å². The van der Waals surface area contributed by atoms with Crippen LogP contribution < -0.4 is 9.80 Å². The second kappa shape index (κ2) is 25.4. The van der Waals surface area contributed by atoms with E-state index in [1.807, 2.05) is 0 Å². The second-order valence-corrected chi connectivity index (χ2v) is 21.1. The van der Waals surface area contributed by atoms with Gasteiger partial charge in [0, 0.05) is 22.1 Å². The van der Waals surface area contributed by atoms with E-state index in [9.17, 15) is 0 Å². The molecule has 74 heavy (non-hydrogen) atoms. The molecule has 8 aromatic rings. The van der Waals surface area contributed by atoms with Gasteiger partial charge in [-0.3, -0.25) is 0 Å². The molecular formula is C72H82N2. The van der Waals surface area contributed by atoms with Crippen LogP contribution in [-0.2, 0) is 25.7 Å². The number of hydrogen-bond donors (Lipinski definition) is 0. The van der Waals surface area contributed by atoms with Crippen LogP contribution in [-0.4, -0.2) is 0 Å². The Morgan fingerprint density at radius 3 is 0.851 bits per heavy atom. The fourth-order valence-corrected chi connectivity index (χ4v) is 10.9. The minimum Gasteiger partial charge on any atom is -0.309 e. The summed E-state index contributed by atoms with van der Waals surface area (Å²) in [6, 6.07) is 55.5. The highest BCUT2D eigenvalue weighted by Gasteiger charge is 2.30. The predicted octanol–water partition coefficient (Wildman–Crippen LogP) is 21.3. The van der Waals surface area contributed by atoms with Crippen molar-refractivity contribution in [1.82, 2.24) is 0 Å².